The number of nitrogens with one attached hydrogen (secondary N) is 2. The van der Waals surface area contributed by atoms with E-state index < -0.39 is 16.8 Å². The second-order valence-corrected chi connectivity index (χ2v) is 11.4. The number of piperazine rings is 1. The van der Waals surface area contributed by atoms with Crippen LogP contribution in [-0.2, 0) is 9.59 Å². The first kappa shape index (κ1) is 28.2. The number of halogens is 2. The molecule has 0 aliphatic carbocycles. The third kappa shape index (κ3) is 8.01. The predicted octanol–water partition coefficient (Wildman–Crippen LogP) is 2.86. The van der Waals surface area contributed by atoms with Crippen LogP contribution in [0.4, 0.5) is 0 Å². The van der Waals surface area contributed by atoms with Crippen molar-refractivity contribution in [3.8, 4) is 0 Å². The average molecular weight is 520 g/mol. The van der Waals surface area contributed by atoms with Crippen LogP contribution in [0.15, 0.2) is 34.5 Å². The molecule has 0 aromatic rings. The van der Waals surface area contributed by atoms with E-state index in [1.54, 1.807) is 17.8 Å². The Morgan fingerprint density at radius 1 is 1.30 bits per heavy atom. The summed E-state index contributed by atoms with van der Waals surface area (Å²) in [6.45, 7) is 12.7. The monoisotopic (exact) mass is 518 g/mol. The van der Waals surface area contributed by atoms with Gasteiger partial charge in [0.15, 0.2) is 5.85 Å². The van der Waals surface area contributed by atoms with Gasteiger partial charge in [0.1, 0.15) is 11.8 Å². The van der Waals surface area contributed by atoms with Gasteiger partial charge in [-0.1, -0.05) is 36.7 Å². The number of aldehydes is 1. The molecule has 2 rings (SSSR count). The van der Waals surface area contributed by atoms with E-state index in [4.69, 9.17) is 23.2 Å². The summed E-state index contributed by atoms with van der Waals surface area (Å²) in [7, 11) is 0. The van der Waals surface area contributed by atoms with E-state index in [1.807, 2.05) is 26.2 Å². The van der Waals surface area contributed by atoms with E-state index in [0.29, 0.717) is 29.5 Å². The van der Waals surface area contributed by atoms with Crippen LogP contribution in [0.2, 0.25) is 0 Å². The molecular formula is C23H36Cl2N4O3S. The number of aliphatic hydroxyl groups is 1. The zero-order valence-corrected chi connectivity index (χ0v) is 22.2. The van der Waals surface area contributed by atoms with Crippen molar-refractivity contribution in [2.24, 2.45) is 5.41 Å². The molecule has 2 heterocycles. The number of nitrogens with zero attached hydrogens (tertiary/aromatic N) is 2. The second-order valence-electron chi connectivity index (χ2n) is 9.45. The maximum Gasteiger partial charge on any atom is 0.243 e. The lowest BCUT2D eigenvalue weighted by Gasteiger charge is -2.42. The highest BCUT2D eigenvalue weighted by Gasteiger charge is 2.53. The molecule has 10 heteroatoms. The van der Waals surface area contributed by atoms with Crippen molar-refractivity contribution in [1.29, 1.82) is 0 Å². The average Bonchev–Trinajstić information content (AvgIpc) is 2.93. The second kappa shape index (κ2) is 11.6. The summed E-state index contributed by atoms with van der Waals surface area (Å²) in [6.07, 6.45) is 7.25. The summed E-state index contributed by atoms with van der Waals surface area (Å²) >= 11 is 13.6. The van der Waals surface area contributed by atoms with Gasteiger partial charge in [-0.25, -0.2) is 0 Å². The lowest BCUT2D eigenvalue weighted by molar-refractivity contribution is -0.127. The number of amides is 1. The molecule has 0 bridgehead atoms. The van der Waals surface area contributed by atoms with Crippen LogP contribution >= 0.6 is 35.0 Å². The standard InChI is InChI=1S/C23H36Cl2N4O3S/c1-17(24)12-19(25)13-18(2)29-9-7-28(8-10-29)15-21(3,16-30)14-23(6-11-33-5)20(31)26-22(4,32)27-23/h12-13,16,27,32H,1,6-11,14-15H2,2-5H3,(H,26,31)/b18-13+,19-12+. The van der Waals surface area contributed by atoms with E-state index >= 15 is 0 Å². The van der Waals surface area contributed by atoms with Crippen LogP contribution in [-0.4, -0.2) is 83.2 Å². The quantitative estimate of drug-likeness (QED) is 0.286. The molecule has 0 aromatic heterocycles. The molecule has 1 amide bonds. The van der Waals surface area contributed by atoms with Gasteiger partial charge in [0.25, 0.3) is 0 Å². The van der Waals surface area contributed by atoms with Crippen LogP contribution in [0.3, 0.4) is 0 Å². The van der Waals surface area contributed by atoms with Gasteiger partial charge in [-0.05, 0) is 50.8 Å². The number of carbonyl (C=O) groups is 2. The highest BCUT2D eigenvalue weighted by atomic mass is 35.5. The Balaban J connectivity index is 2.05. The van der Waals surface area contributed by atoms with Gasteiger partial charge >= 0.3 is 0 Å². The minimum Gasteiger partial charge on any atom is -0.372 e. The van der Waals surface area contributed by atoms with Gasteiger partial charge in [0.2, 0.25) is 5.91 Å². The van der Waals surface area contributed by atoms with Crippen molar-refractivity contribution in [2.75, 3.05) is 44.7 Å². The normalized spacial score (nSPS) is 29.1. The number of thioether (sulfide) groups is 1. The fraction of sp³-hybridized carbons (Fsp3) is 0.652. The Labute approximate surface area is 211 Å². The molecule has 2 saturated heterocycles. The third-order valence-corrected chi connectivity index (χ3v) is 7.03. The smallest absolute Gasteiger partial charge is 0.243 e. The van der Waals surface area contributed by atoms with E-state index in [-0.39, 0.29) is 5.91 Å². The molecule has 2 fully saturated rings. The first-order valence-electron chi connectivity index (χ1n) is 11.0. The molecule has 2 aliphatic rings. The van der Waals surface area contributed by atoms with Gasteiger partial charge in [-0.15, -0.1) is 0 Å². The Morgan fingerprint density at radius 2 is 1.94 bits per heavy atom. The fourth-order valence-electron chi connectivity index (χ4n) is 4.64. The van der Waals surface area contributed by atoms with E-state index in [2.05, 4.69) is 27.0 Å². The molecular weight excluding hydrogens is 483 g/mol. The van der Waals surface area contributed by atoms with Gasteiger partial charge in [0.05, 0.1) is 0 Å². The molecule has 3 atom stereocenters. The minimum atomic E-state index is -1.49. The Hall–Kier alpha value is -1.03. The largest absolute Gasteiger partial charge is 0.372 e. The summed E-state index contributed by atoms with van der Waals surface area (Å²) in [5.41, 5.74) is -0.695. The zero-order valence-electron chi connectivity index (χ0n) is 19.9. The Kier molecular flexibility index (Phi) is 9.92. The van der Waals surface area contributed by atoms with E-state index in [0.717, 1.165) is 43.9 Å². The van der Waals surface area contributed by atoms with Crippen LogP contribution in [0.5, 0.6) is 0 Å². The van der Waals surface area contributed by atoms with Gasteiger partial charge in [-0.2, -0.15) is 11.8 Å². The fourth-order valence-corrected chi connectivity index (χ4v) is 5.65. The van der Waals surface area contributed by atoms with Crippen molar-refractivity contribution in [3.63, 3.8) is 0 Å². The van der Waals surface area contributed by atoms with Gasteiger partial charge < -0.3 is 20.1 Å². The SMILES string of the molecule is C=C(Cl)/C=C(Cl)\C=C(/C)N1CCN(CC(C)(C=O)CC2(CCSC)NC(C)(O)NC2=O)CC1. The first-order valence-corrected chi connectivity index (χ1v) is 13.2. The molecule has 0 saturated carbocycles. The highest BCUT2D eigenvalue weighted by Crippen LogP contribution is 2.35. The minimum absolute atomic E-state index is 0.259. The predicted molar refractivity (Wildman–Crippen MR) is 137 cm³/mol. The highest BCUT2D eigenvalue weighted by molar-refractivity contribution is 7.98. The molecule has 0 radical (unpaired) electrons. The molecule has 186 valence electrons. The maximum atomic E-state index is 12.9. The lowest BCUT2D eigenvalue weighted by atomic mass is 9.76. The maximum absolute atomic E-state index is 12.9. The number of carbonyl (C=O) groups excluding carboxylic acids is 2. The number of rotatable bonds is 11. The molecule has 0 spiro atoms. The van der Waals surface area contributed by atoms with Crippen LogP contribution in [0.1, 0.15) is 33.6 Å². The Bertz CT molecular complexity index is 812. The molecule has 7 nitrogen and oxygen atoms in total. The summed E-state index contributed by atoms with van der Waals surface area (Å²) < 4.78 is 0. The molecule has 3 N–H and O–H groups in total. The van der Waals surface area contributed by atoms with Crippen LogP contribution < -0.4 is 10.6 Å². The topological polar surface area (TPSA) is 84.9 Å². The Morgan fingerprint density at radius 3 is 2.42 bits per heavy atom. The number of hydrogen-bond acceptors (Lipinski definition) is 7. The molecule has 0 aromatic carbocycles. The molecule has 33 heavy (non-hydrogen) atoms. The van der Waals surface area contributed by atoms with Crippen molar-refractivity contribution in [2.45, 2.75) is 45.0 Å². The van der Waals surface area contributed by atoms with Crippen LogP contribution in [0, 0.1) is 5.41 Å². The van der Waals surface area contributed by atoms with Gasteiger partial charge in [-0.3, -0.25) is 15.0 Å². The molecule has 3 unspecified atom stereocenters. The molecule has 2 aliphatic heterocycles. The summed E-state index contributed by atoms with van der Waals surface area (Å²) in [5, 5.41) is 17.0. The van der Waals surface area contributed by atoms with E-state index in [1.165, 1.54) is 6.92 Å². The van der Waals surface area contributed by atoms with Crippen molar-refractivity contribution >= 4 is 47.2 Å². The summed E-state index contributed by atoms with van der Waals surface area (Å²) in [5.74, 6) is -1.01. The van der Waals surface area contributed by atoms with Crippen molar-refractivity contribution < 1.29 is 14.7 Å². The number of hydrogen-bond donors (Lipinski definition) is 3. The summed E-state index contributed by atoms with van der Waals surface area (Å²) in [6, 6.07) is 0. The van der Waals surface area contributed by atoms with Gasteiger partial charge in [0, 0.05) is 53.9 Å². The first-order chi connectivity index (χ1) is 15.3. The van der Waals surface area contributed by atoms with Crippen molar-refractivity contribution in [3.05, 3.63) is 34.5 Å². The zero-order chi connectivity index (χ0) is 24.9. The lowest BCUT2D eigenvalue weighted by Crippen LogP contribution is -2.56. The summed E-state index contributed by atoms with van der Waals surface area (Å²) in [4.78, 5) is 29.6. The van der Waals surface area contributed by atoms with Crippen LogP contribution in [0.25, 0.3) is 0 Å². The van der Waals surface area contributed by atoms with E-state index in [9.17, 15) is 14.7 Å². The number of allylic oxidation sites excluding steroid dienone is 5. The van der Waals surface area contributed by atoms with Crippen molar-refractivity contribution in [1.82, 2.24) is 20.4 Å². The third-order valence-electron chi connectivity index (χ3n) is 6.09.